The van der Waals surface area contributed by atoms with E-state index in [0.717, 1.165) is 22.3 Å². The molecule has 2 heterocycles. The summed E-state index contributed by atoms with van der Waals surface area (Å²) in [4.78, 5) is 14.5. The third-order valence-electron chi connectivity index (χ3n) is 5.15. The van der Waals surface area contributed by atoms with Crippen LogP contribution < -0.4 is 0 Å². The van der Waals surface area contributed by atoms with Crippen molar-refractivity contribution < 1.29 is 18.7 Å². The molecule has 2 unspecified atom stereocenters. The van der Waals surface area contributed by atoms with Crippen LogP contribution in [-0.2, 0) is 16.1 Å². The third-order valence-corrected chi connectivity index (χ3v) is 5.15. The second-order valence-corrected chi connectivity index (χ2v) is 7.06. The average molecular weight is 367 g/mol. The van der Waals surface area contributed by atoms with E-state index in [0.29, 0.717) is 19.6 Å². The van der Waals surface area contributed by atoms with E-state index in [2.05, 4.69) is 6.08 Å². The van der Waals surface area contributed by atoms with E-state index in [-0.39, 0.29) is 30.6 Å². The molecule has 4 nitrogen and oxygen atoms in total. The number of nitrogens with zero attached hydrogens (tertiary/aromatic N) is 1. The molecule has 2 bridgehead atoms. The van der Waals surface area contributed by atoms with Gasteiger partial charge in [-0.1, -0.05) is 42.5 Å². The molecule has 1 amide bonds. The van der Waals surface area contributed by atoms with Crippen LogP contribution in [0, 0.1) is 12.7 Å². The first-order valence-corrected chi connectivity index (χ1v) is 9.16. The topological polar surface area (TPSA) is 38.8 Å². The summed E-state index contributed by atoms with van der Waals surface area (Å²) in [6.07, 6.45) is 2.41. The van der Waals surface area contributed by atoms with Crippen molar-refractivity contribution in [2.75, 3.05) is 13.2 Å². The predicted molar refractivity (Wildman–Crippen MR) is 101 cm³/mol. The molecule has 0 aromatic heterocycles. The first-order valence-electron chi connectivity index (χ1n) is 9.16. The number of hydrogen-bond acceptors (Lipinski definition) is 3. The second-order valence-electron chi connectivity index (χ2n) is 7.06. The minimum absolute atomic E-state index is 0.0727. The largest absolute Gasteiger partial charge is 0.445 e. The number of rotatable bonds is 3. The molecule has 2 aromatic rings. The standard InChI is InChI=1S/C22H22FNO3/c1-15-9-18(23)7-8-21(15)17-10-19-13-26-14-20(11-17)24(19)22(25)27-12-16-5-3-2-4-6-16/h2-10,19-20H,11-14H2,1H3. The third kappa shape index (κ3) is 3.74. The van der Waals surface area contributed by atoms with E-state index in [1.807, 2.05) is 43.3 Å². The molecule has 0 saturated carbocycles. The minimum atomic E-state index is -0.316. The van der Waals surface area contributed by atoms with Crippen molar-refractivity contribution in [1.82, 2.24) is 4.90 Å². The zero-order chi connectivity index (χ0) is 18.8. The van der Waals surface area contributed by atoms with Gasteiger partial charge in [-0.3, -0.25) is 4.90 Å². The van der Waals surface area contributed by atoms with Crippen LogP contribution in [0.3, 0.4) is 0 Å². The van der Waals surface area contributed by atoms with Crippen molar-refractivity contribution in [3.63, 3.8) is 0 Å². The number of halogens is 1. The highest BCUT2D eigenvalue weighted by Crippen LogP contribution is 2.34. The number of aryl methyl sites for hydroxylation is 1. The lowest BCUT2D eigenvalue weighted by molar-refractivity contribution is -0.0342. The lowest BCUT2D eigenvalue weighted by atomic mass is 9.88. The number of carbonyl (C=O) groups excluding carboxylic acids is 1. The van der Waals surface area contributed by atoms with Gasteiger partial charge in [0.05, 0.1) is 25.3 Å². The van der Waals surface area contributed by atoms with Gasteiger partial charge in [0.2, 0.25) is 0 Å². The van der Waals surface area contributed by atoms with Gasteiger partial charge in [-0.05, 0) is 47.7 Å². The summed E-state index contributed by atoms with van der Waals surface area (Å²) in [7, 11) is 0. The van der Waals surface area contributed by atoms with E-state index in [4.69, 9.17) is 9.47 Å². The highest BCUT2D eigenvalue weighted by atomic mass is 19.1. The quantitative estimate of drug-likeness (QED) is 0.811. The van der Waals surface area contributed by atoms with Gasteiger partial charge in [-0.15, -0.1) is 0 Å². The molecule has 27 heavy (non-hydrogen) atoms. The second kappa shape index (κ2) is 7.53. The number of morpholine rings is 1. The Kier molecular flexibility index (Phi) is 4.94. The van der Waals surface area contributed by atoms with E-state index in [9.17, 15) is 9.18 Å². The van der Waals surface area contributed by atoms with Crippen molar-refractivity contribution in [2.24, 2.45) is 0 Å². The highest BCUT2D eigenvalue weighted by molar-refractivity contribution is 5.75. The molecule has 4 rings (SSSR count). The van der Waals surface area contributed by atoms with Gasteiger partial charge in [0.25, 0.3) is 0 Å². The lowest BCUT2D eigenvalue weighted by Gasteiger charge is -2.44. The molecule has 0 aliphatic carbocycles. The smallest absolute Gasteiger partial charge is 0.411 e. The SMILES string of the molecule is Cc1cc(F)ccc1C1=CC2COCC(C1)N2C(=O)OCc1ccccc1. The Morgan fingerprint density at radius 3 is 2.78 bits per heavy atom. The van der Waals surface area contributed by atoms with Crippen LogP contribution >= 0.6 is 0 Å². The van der Waals surface area contributed by atoms with Crippen molar-refractivity contribution in [3.8, 4) is 0 Å². The van der Waals surface area contributed by atoms with Crippen molar-refractivity contribution in [3.05, 3.63) is 77.1 Å². The highest BCUT2D eigenvalue weighted by Gasteiger charge is 2.39. The van der Waals surface area contributed by atoms with Crippen LogP contribution in [0.15, 0.2) is 54.6 Å². The van der Waals surface area contributed by atoms with Crippen LogP contribution in [0.1, 0.15) is 23.1 Å². The van der Waals surface area contributed by atoms with Gasteiger partial charge in [-0.25, -0.2) is 9.18 Å². The van der Waals surface area contributed by atoms with Crippen molar-refractivity contribution in [2.45, 2.75) is 32.0 Å². The van der Waals surface area contributed by atoms with Crippen LogP contribution in [-0.4, -0.2) is 36.3 Å². The molecule has 1 saturated heterocycles. The Balaban J connectivity index is 1.52. The molecule has 140 valence electrons. The Hall–Kier alpha value is -2.66. The fourth-order valence-electron chi connectivity index (χ4n) is 3.86. The fraction of sp³-hybridized carbons (Fsp3) is 0.318. The number of amides is 1. The molecule has 2 aliphatic rings. The molecule has 0 radical (unpaired) electrons. The van der Waals surface area contributed by atoms with Crippen LogP contribution in [0.4, 0.5) is 9.18 Å². The lowest BCUT2D eigenvalue weighted by Crippen LogP contribution is -2.56. The molecule has 5 heteroatoms. The normalized spacial score (nSPS) is 21.6. The van der Waals surface area contributed by atoms with Gasteiger partial charge in [-0.2, -0.15) is 0 Å². The summed E-state index contributed by atoms with van der Waals surface area (Å²) in [5.74, 6) is -0.234. The number of fused-ring (bicyclic) bond motifs is 2. The van der Waals surface area contributed by atoms with Crippen molar-refractivity contribution in [1.29, 1.82) is 0 Å². The Bertz CT molecular complexity index is 865. The van der Waals surface area contributed by atoms with E-state index in [1.54, 1.807) is 11.0 Å². The summed E-state index contributed by atoms with van der Waals surface area (Å²) < 4.78 is 24.6. The number of hydrogen-bond donors (Lipinski definition) is 0. The maximum atomic E-state index is 13.4. The maximum Gasteiger partial charge on any atom is 0.411 e. The predicted octanol–water partition coefficient (Wildman–Crippen LogP) is 4.33. The molecule has 2 atom stereocenters. The van der Waals surface area contributed by atoms with Gasteiger partial charge in [0.1, 0.15) is 12.4 Å². The summed E-state index contributed by atoms with van der Waals surface area (Å²) in [6.45, 7) is 3.09. The molecule has 1 fully saturated rings. The summed E-state index contributed by atoms with van der Waals surface area (Å²) in [6, 6.07) is 14.2. The molecular formula is C22H22FNO3. The summed E-state index contributed by atoms with van der Waals surface area (Å²) in [5, 5.41) is 0. The van der Waals surface area contributed by atoms with E-state index < -0.39 is 0 Å². The number of ether oxygens (including phenoxy) is 2. The first kappa shape index (κ1) is 17.7. The number of benzene rings is 2. The molecule has 0 N–H and O–H groups in total. The Labute approximate surface area is 158 Å². The monoisotopic (exact) mass is 367 g/mol. The molecule has 0 spiro atoms. The van der Waals surface area contributed by atoms with Crippen LogP contribution in [0.2, 0.25) is 0 Å². The summed E-state index contributed by atoms with van der Waals surface area (Å²) >= 11 is 0. The van der Waals surface area contributed by atoms with Gasteiger partial charge < -0.3 is 9.47 Å². The van der Waals surface area contributed by atoms with Gasteiger partial charge in [0.15, 0.2) is 0 Å². The van der Waals surface area contributed by atoms with Gasteiger partial charge in [0, 0.05) is 0 Å². The maximum absolute atomic E-state index is 13.4. The van der Waals surface area contributed by atoms with Gasteiger partial charge >= 0.3 is 6.09 Å². The van der Waals surface area contributed by atoms with Crippen LogP contribution in [0.5, 0.6) is 0 Å². The Morgan fingerprint density at radius 2 is 2.04 bits per heavy atom. The summed E-state index contributed by atoms with van der Waals surface area (Å²) in [5.41, 5.74) is 4.03. The number of carbonyl (C=O) groups is 1. The van der Waals surface area contributed by atoms with Crippen molar-refractivity contribution >= 4 is 11.7 Å². The average Bonchev–Trinajstić information content (AvgIpc) is 2.66. The molecule has 2 aromatic carbocycles. The van der Waals surface area contributed by atoms with E-state index in [1.165, 1.54) is 6.07 Å². The zero-order valence-corrected chi connectivity index (χ0v) is 15.2. The molecular weight excluding hydrogens is 345 g/mol. The van der Waals surface area contributed by atoms with Crippen LogP contribution in [0.25, 0.3) is 5.57 Å². The van der Waals surface area contributed by atoms with E-state index >= 15 is 0 Å². The fourth-order valence-corrected chi connectivity index (χ4v) is 3.86. The Morgan fingerprint density at radius 1 is 1.22 bits per heavy atom. The first-order chi connectivity index (χ1) is 13.1. The zero-order valence-electron chi connectivity index (χ0n) is 15.2. The molecule has 2 aliphatic heterocycles. The minimum Gasteiger partial charge on any atom is -0.445 e.